The van der Waals surface area contributed by atoms with Gasteiger partial charge in [-0.15, -0.1) is 11.6 Å². The Morgan fingerprint density at radius 2 is 2.00 bits per heavy atom. The van der Waals surface area contributed by atoms with Gasteiger partial charge in [-0.05, 0) is 23.1 Å². The number of carbonyl (C=O) groups is 2. The summed E-state index contributed by atoms with van der Waals surface area (Å²) >= 11 is 5.46. The SMILES string of the molecule is CCc1ccc(C(O)C(=O)O)cc1CC(=O)CCl. The quantitative estimate of drug-likeness (QED) is 0.772. The third-order valence-corrected chi connectivity index (χ3v) is 3.00. The Bertz CT molecular complexity index is 456. The fourth-order valence-corrected chi connectivity index (χ4v) is 1.82. The fraction of sp³-hybridized carbons (Fsp3) is 0.385. The number of aliphatic hydroxyl groups excluding tert-OH is 1. The molecule has 1 atom stereocenters. The van der Waals surface area contributed by atoms with E-state index in [0.717, 1.165) is 17.5 Å². The van der Waals surface area contributed by atoms with Crippen LogP contribution in [0.1, 0.15) is 29.7 Å². The van der Waals surface area contributed by atoms with Crippen molar-refractivity contribution in [3.63, 3.8) is 0 Å². The first-order chi connectivity index (χ1) is 8.49. The first kappa shape index (κ1) is 14.7. The number of carbonyl (C=O) groups excluding carboxylic acids is 1. The molecule has 0 saturated heterocycles. The average molecular weight is 271 g/mol. The van der Waals surface area contributed by atoms with E-state index in [1.54, 1.807) is 18.2 Å². The zero-order valence-electron chi connectivity index (χ0n) is 10.0. The summed E-state index contributed by atoms with van der Waals surface area (Å²) in [5, 5.41) is 18.2. The van der Waals surface area contributed by atoms with Gasteiger partial charge in [-0.1, -0.05) is 25.1 Å². The zero-order chi connectivity index (χ0) is 13.7. The molecule has 0 bridgehead atoms. The lowest BCUT2D eigenvalue weighted by atomic mass is 9.96. The summed E-state index contributed by atoms with van der Waals surface area (Å²) in [5.74, 6) is -1.52. The third kappa shape index (κ3) is 3.55. The maximum Gasteiger partial charge on any atom is 0.337 e. The standard InChI is InChI=1S/C13H15ClO4/c1-2-8-3-4-9(12(16)13(17)18)5-10(8)6-11(15)7-14/h3-5,12,16H,2,6-7H2,1H3,(H,17,18). The number of alkyl halides is 1. The molecule has 0 spiro atoms. The zero-order valence-corrected chi connectivity index (χ0v) is 10.8. The predicted molar refractivity (Wildman–Crippen MR) is 67.8 cm³/mol. The topological polar surface area (TPSA) is 74.6 Å². The molecule has 98 valence electrons. The normalized spacial score (nSPS) is 12.2. The second-order valence-corrected chi connectivity index (χ2v) is 4.24. The van der Waals surface area contributed by atoms with Crippen LogP contribution in [-0.2, 0) is 22.4 Å². The Morgan fingerprint density at radius 3 is 2.50 bits per heavy atom. The van der Waals surface area contributed by atoms with Crippen LogP contribution in [0.2, 0.25) is 0 Å². The van der Waals surface area contributed by atoms with Gasteiger partial charge in [0, 0.05) is 6.42 Å². The third-order valence-electron chi connectivity index (χ3n) is 2.70. The largest absolute Gasteiger partial charge is 0.479 e. The van der Waals surface area contributed by atoms with E-state index in [1.165, 1.54) is 0 Å². The van der Waals surface area contributed by atoms with Crippen molar-refractivity contribution in [1.82, 2.24) is 0 Å². The predicted octanol–water partition coefficient (Wildman–Crippen LogP) is 1.72. The van der Waals surface area contributed by atoms with Crippen molar-refractivity contribution in [3.05, 3.63) is 34.9 Å². The van der Waals surface area contributed by atoms with Crippen LogP contribution < -0.4 is 0 Å². The van der Waals surface area contributed by atoms with Crippen LogP contribution in [0.25, 0.3) is 0 Å². The molecule has 0 radical (unpaired) electrons. The van der Waals surface area contributed by atoms with Crippen molar-refractivity contribution < 1.29 is 19.8 Å². The molecule has 0 aliphatic carbocycles. The minimum Gasteiger partial charge on any atom is -0.479 e. The van der Waals surface area contributed by atoms with E-state index < -0.39 is 12.1 Å². The van der Waals surface area contributed by atoms with Crippen LogP contribution in [-0.4, -0.2) is 27.8 Å². The van der Waals surface area contributed by atoms with Gasteiger partial charge < -0.3 is 10.2 Å². The Morgan fingerprint density at radius 1 is 1.33 bits per heavy atom. The highest BCUT2D eigenvalue weighted by Crippen LogP contribution is 2.19. The minimum absolute atomic E-state index is 0.0745. The summed E-state index contributed by atoms with van der Waals surface area (Å²) in [6.07, 6.45) is -0.679. The summed E-state index contributed by atoms with van der Waals surface area (Å²) in [5.41, 5.74) is 1.95. The number of aliphatic hydroxyl groups is 1. The summed E-state index contributed by atoms with van der Waals surface area (Å²) in [7, 11) is 0. The van der Waals surface area contributed by atoms with Gasteiger partial charge in [-0.2, -0.15) is 0 Å². The maximum atomic E-state index is 11.4. The minimum atomic E-state index is -1.57. The molecule has 4 nitrogen and oxygen atoms in total. The highest BCUT2D eigenvalue weighted by atomic mass is 35.5. The number of carboxylic acids is 1. The summed E-state index contributed by atoms with van der Waals surface area (Å²) in [4.78, 5) is 22.1. The number of aliphatic carboxylic acids is 1. The number of halogens is 1. The lowest BCUT2D eigenvalue weighted by Crippen LogP contribution is -2.12. The molecule has 1 unspecified atom stereocenters. The first-order valence-corrected chi connectivity index (χ1v) is 6.13. The van der Waals surface area contributed by atoms with Gasteiger partial charge in [-0.3, -0.25) is 4.79 Å². The van der Waals surface area contributed by atoms with E-state index in [2.05, 4.69) is 0 Å². The number of hydrogen-bond acceptors (Lipinski definition) is 3. The second kappa shape index (κ2) is 6.52. The van der Waals surface area contributed by atoms with Crippen molar-refractivity contribution in [3.8, 4) is 0 Å². The molecule has 0 heterocycles. The van der Waals surface area contributed by atoms with Crippen LogP contribution in [0.3, 0.4) is 0 Å². The molecule has 0 aliphatic heterocycles. The number of carboxylic acid groups (broad SMARTS) is 1. The summed E-state index contributed by atoms with van der Waals surface area (Å²) < 4.78 is 0. The van der Waals surface area contributed by atoms with E-state index in [1.807, 2.05) is 6.92 Å². The molecule has 18 heavy (non-hydrogen) atoms. The molecule has 1 rings (SSSR count). The highest BCUT2D eigenvalue weighted by Gasteiger charge is 2.17. The van der Waals surface area contributed by atoms with E-state index in [-0.39, 0.29) is 23.6 Å². The molecule has 1 aromatic carbocycles. The van der Waals surface area contributed by atoms with E-state index >= 15 is 0 Å². The van der Waals surface area contributed by atoms with E-state index in [4.69, 9.17) is 16.7 Å². The van der Waals surface area contributed by atoms with Crippen molar-refractivity contribution >= 4 is 23.4 Å². The Hall–Kier alpha value is -1.39. The smallest absolute Gasteiger partial charge is 0.337 e. The second-order valence-electron chi connectivity index (χ2n) is 3.97. The molecule has 2 N–H and O–H groups in total. The Kier molecular flexibility index (Phi) is 5.31. The monoisotopic (exact) mass is 270 g/mol. The molecule has 0 aliphatic rings. The van der Waals surface area contributed by atoms with Crippen LogP contribution in [0.15, 0.2) is 18.2 Å². The number of ketones is 1. The van der Waals surface area contributed by atoms with Crippen molar-refractivity contribution in [2.24, 2.45) is 0 Å². The van der Waals surface area contributed by atoms with Gasteiger partial charge in [0.05, 0.1) is 5.88 Å². The average Bonchev–Trinajstić information content (AvgIpc) is 2.37. The van der Waals surface area contributed by atoms with Crippen LogP contribution in [0.5, 0.6) is 0 Å². The van der Waals surface area contributed by atoms with Crippen LogP contribution in [0, 0.1) is 0 Å². The molecule has 0 amide bonds. The number of rotatable bonds is 6. The van der Waals surface area contributed by atoms with Gasteiger partial charge in [0.1, 0.15) is 0 Å². The summed E-state index contributed by atoms with van der Waals surface area (Å²) in [6, 6.07) is 4.85. The molecule has 0 saturated carbocycles. The summed E-state index contributed by atoms with van der Waals surface area (Å²) in [6.45, 7) is 1.94. The lowest BCUT2D eigenvalue weighted by Gasteiger charge is -2.11. The fourth-order valence-electron chi connectivity index (χ4n) is 1.73. The van der Waals surface area contributed by atoms with Crippen molar-refractivity contribution in [2.75, 3.05) is 5.88 Å². The first-order valence-electron chi connectivity index (χ1n) is 5.59. The molecule has 0 fully saturated rings. The number of hydrogen-bond donors (Lipinski definition) is 2. The molecular weight excluding hydrogens is 256 g/mol. The van der Waals surface area contributed by atoms with Gasteiger partial charge in [0.15, 0.2) is 11.9 Å². The van der Waals surface area contributed by atoms with Gasteiger partial charge >= 0.3 is 5.97 Å². The molecule has 5 heteroatoms. The van der Waals surface area contributed by atoms with Gasteiger partial charge in [0.2, 0.25) is 0 Å². The number of aryl methyl sites for hydroxylation is 1. The van der Waals surface area contributed by atoms with Gasteiger partial charge in [0.25, 0.3) is 0 Å². The molecule has 0 aromatic heterocycles. The Labute approximate surface area is 110 Å². The number of benzene rings is 1. The number of Topliss-reactive ketones (excluding diaryl/α,β-unsaturated/α-hetero) is 1. The van der Waals surface area contributed by atoms with Crippen LogP contribution >= 0.6 is 11.6 Å². The van der Waals surface area contributed by atoms with Crippen molar-refractivity contribution in [2.45, 2.75) is 25.9 Å². The Balaban J connectivity index is 3.09. The van der Waals surface area contributed by atoms with Crippen molar-refractivity contribution in [1.29, 1.82) is 0 Å². The molecular formula is C13H15ClO4. The van der Waals surface area contributed by atoms with E-state index in [9.17, 15) is 14.7 Å². The van der Waals surface area contributed by atoms with Gasteiger partial charge in [-0.25, -0.2) is 4.79 Å². The highest BCUT2D eigenvalue weighted by molar-refractivity contribution is 6.27. The maximum absolute atomic E-state index is 11.4. The van der Waals surface area contributed by atoms with Crippen LogP contribution in [0.4, 0.5) is 0 Å². The lowest BCUT2D eigenvalue weighted by molar-refractivity contribution is -0.146. The molecule has 1 aromatic rings. The van der Waals surface area contributed by atoms with E-state index in [0.29, 0.717) is 0 Å².